The highest BCUT2D eigenvalue weighted by molar-refractivity contribution is 5.98. The van der Waals surface area contributed by atoms with Crippen molar-refractivity contribution >= 4 is 17.2 Å². The van der Waals surface area contributed by atoms with E-state index in [0.29, 0.717) is 18.3 Å². The van der Waals surface area contributed by atoms with Crippen LogP contribution in [0, 0.1) is 0 Å². The molecule has 0 saturated carbocycles. The van der Waals surface area contributed by atoms with E-state index >= 15 is 0 Å². The predicted octanol–water partition coefficient (Wildman–Crippen LogP) is 3.26. The van der Waals surface area contributed by atoms with Crippen molar-refractivity contribution in [2.75, 3.05) is 32.1 Å². The van der Waals surface area contributed by atoms with Gasteiger partial charge in [-0.25, -0.2) is 4.98 Å². The molecule has 0 spiro atoms. The molecule has 0 radical (unpaired) electrons. The number of hydrogen-bond donors (Lipinski definition) is 3. The number of aliphatic imine (C=N–C) groups is 1. The maximum atomic E-state index is 6.25. The van der Waals surface area contributed by atoms with Crippen LogP contribution in [0.2, 0.25) is 0 Å². The summed E-state index contributed by atoms with van der Waals surface area (Å²) in [5.74, 6) is 1.80. The molecule has 1 aliphatic rings. The van der Waals surface area contributed by atoms with Crippen LogP contribution in [-0.2, 0) is 6.42 Å². The van der Waals surface area contributed by atoms with Gasteiger partial charge in [0.05, 0.1) is 7.11 Å². The van der Waals surface area contributed by atoms with E-state index in [1.54, 1.807) is 7.11 Å². The largest absolute Gasteiger partial charge is 0.496 e. The van der Waals surface area contributed by atoms with Gasteiger partial charge in [0.25, 0.3) is 0 Å². The summed E-state index contributed by atoms with van der Waals surface area (Å²) in [5.41, 5.74) is 9.88. The number of allylic oxidation sites excluding steroid dienone is 1. The van der Waals surface area contributed by atoms with E-state index in [2.05, 4.69) is 26.7 Å². The minimum absolute atomic E-state index is 0.486. The molecule has 1 aliphatic heterocycles. The first-order valence-electron chi connectivity index (χ1n) is 10.2. The Labute approximate surface area is 173 Å². The van der Waals surface area contributed by atoms with Gasteiger partial charge in [0.1, 0.15) is 11.6 Å². The number of para-hydroxylation sites is 1. The van der Waals surface area contributed by atoms with E-state index in [9.17, 15) is 0 Å². The Bertz CT molecular complexity index is 839. The van der Waals surface area contributed by atoms with E-state index in [1.807, 2.05) is 49.5 Å². The fourth-order valence-electron chi connectivity index (χ4n) is 3.44. The smallest absolute Gasteiger partial charge is 0.126 e. The lowest BCUT2D eigenvalue weighted by Crippen LogP contribution is -2.35. The van der Waals surface area contributed by atoms with Gasteiger partial charge in [-0.1, -0.05) is 18.2 Å². The number of nitrogens with two attached hydrogens (primary N) is 1. The van der Waals surface area contributed by atoms with Gasteiger partial charge in [0, 0.05) is 35.8 Å². The second-order valence-corrected chi connectivity index (χ2v) is 7.29. The van der Waals surface area contributed by atoms with Crippen LogP contribution in [0.3, 0.4) is 0 Å². The number of ether oxygens (including phenoxy) is 1. The normalized spacial score (nSPS) is 15.9. The van der Waals surface area contributed by atoms with Crippen molar-refractivity contribution in [2.45, 2.75) is 32.2 Å². The molecule has 6 heteroatoms. The topological polar surface area (TPSA) is 84.6 Å². The molecule has 2 aromatic rings. The fraction of sp³-hybridized carbons (Fsp3) is 0.391. The molecule has 1 saturated heterocycles. The third-order valence-electron chi connectivity index (χ3n) is 5.09. The molecule has 0 atom stereocenters. The summed E-state index contributed by atoms with van der Waals surface area (Å²) in [7, 11) is 1.69. The van der Waals surface area contributed by atoms with Gasteiger partial charge in [0.2, 0.25) is 0 Å². The average molecular weight is 394 g/mol. The quantitative estimate of drug-likeness (QED) is 0.600. The van der Waals surface area contributed by atoms with E-state index in [0.717, 1.165) is 60.8 Å². The van der Waals surface area contributed by atoms with Gasteiger partial charge in [-0.3, -0.25) is 4.99 Å². The number of aromatic nitrogens is 1. The predicted molar refractivity (Wildman–Crippen MR) is 121 cm³/mol. The van der Waals surface area contributed by atoms with Crippen molar-refractivity contribution in [3.63, 3.8) is 0 Å². The third kappa shape index (κ3) is 6.32. The lowest BCUT2D eigenvalue weighted by molar-refractivity contribution is 0.410. The highest BCUT2D eigenvalue weighted by Crippen LogP contribution is 2.18. The SMILES string of the molecule is COc1ccccc1CCN=C(C)C=C(N)c1ccc(NC2CCNCC2)nc1. The minimum Gasteiger partial charge on any atom is -0.496 e. The van der Waals surface area contributed by atoms with Crippen LogP contribution in [0.15, 0.2) is 53.7 Å². The molecule has 29 heavy (non-hydrogen) atoms. The van der Waals surface area contributed by atoms with E-state index in [1.165, 1.54) is 0 Å². The Hall–Kier alpha value is -2.86. The number of pyridine rings is 1. The van der Waals surface area contributed by atoms with Crippen molar-refractivity contribution in [3.8, 4) is 5.75 Å². The van der Waals surface area contributed by atoms with E-state index in [-0.39, 0.29) is 0 Å². The molecule has 6 nitrogen and oxygen atoms in total. The number of nitrogens with zero attached hydrogens (tertiary/aromatic N) is 2. The highest BCUT2D eigenvalue weighted by atomic mass is 16.5. The van der Waals surface area contributed by atoms with Gasteiger partial charge in [-0.05, 0) is 69.1 Å². The summed E-state index contributed by atoms with van der Waals surface area (Å²) in [6.45, 7) is 4.77. The zero-order chi connectivity index (χ0) is 20.5. The number of benzene rings is 1. The number of anilines is 1. The van der Waals surface area contributed by atoms with Crippen LogP contribution in [0.25, 0.3) is 5.70 Å². The van der Waals surface area contributed by atoms with Gasteiger partial charge < -0.3 is 21.1 Å². The van der Waals surface area contributed by atoms with Gasteiger partial charge in [0.15, 0.2) is 0 Å². The van der Waals surface area contributed by atoms with E-state index in [4.69, 9.17) is 10.5 Å². The van der Waals surface area contributed by atoms with E-state index < -0.39 is 0 Å². The Morgan fingerprint density at radius 1 is 1.28 bits per heavy atom. The molecule has 2 heterocycles. The Morgan fingerprint density at radius 2 is 2.07 bits per heavy atom. The molecule has 1 aromatic carbocycles. The van der Waals surface area contributed by atoms with Crippen LogP contribution in [0.5, 0.6) is 5.75 Å². The Balaban J connectivity index is 1.55. The van der Waals surface area contributed by atoms with Crippen molar-refractivity contribution in [2.24, 2.45) is 10.7 Å². The van der Waals surface area contributed by atoms with Crippen molar-refractivity contribution in [1.82, 2.24) is 10.3 Å². The molecule has 1 aromatic heterocycles. The highest BCUT2D eigenvalue weighted by Gasteiger charge is 2.12. The summed E-state index contributed by atoms with van der Waals surface area (Å²) in [5, 5.41) is 6.87. The molecular weight excluding hydrogens is 362 g/mol. The second-order valence-electron chi connectivity index (χ2n) is 7.29. The Morgan fingerprint density at radius 3 is 2.79 bits per heavy atom. The van der Waals surface area contributed by atoms with Crippen LogP contribution in [0.4, 0.5) is 5.82 Å². The molecule has 4 N–H and O–H groups in total. The summed E-state index contributed by atoms with van der Waals surface area (Å²) in [6, 6.07) is 12.5. The first kappa shape index (κ1) is 20.9. The maximum Gasteiger partial charge on any atom is 0.126 e. The maximum absolute atomic E-state index is 6.25. The summed E-state index contributed by atoms with van der Waals surface area (Å²) < 4.78 is 5.39. The lowest BCUT2D eigenvalue weighted by atomic mass is 10.1. The number of piperidine rings is 1. The molecule has 3 rings (SSSR count). The Kier molecular flexibility index (Phi) is 7.64. The summed E-state index contributed by atoms with van der Waals surface area (Å²) >= 11 is 0. The van der Waals surface area contributed by atoms with Crippen LogP contribution in [-0.4, -0.2) is 43.5 Å². The van der Waals surface area contributed by atoms with Gasteiger partial charge in [-0.15, -0.1) is 0 Å². The first-order valence-corrected chi connectivity index (χ1v) is 10.2. The first-order chi connectivity index (χ1) is 14.2. The van der Waals surface area contributed by atoms with Crippen molar-refractivity contribution in [1.29, 1.82) is 0 Å². The summed E-state index contributed by atoms with van der Waals surface area (Å²) in [4.78, 5) is 9.14. The number of rotatable bonds is 8. The summed E-state index contributed by atoms with van der Waals surface area (Å²) in [6.07, 6.45) is 6.79. The minimum atomic E-state index is 0.486. The molecule has 0 amide bonds. The average Bonchev–Trinajstić information content (AvgIpc) is 2.75. The van der Waals surface area contributed by atoms with Crippen molar-refractivity contribution < 1.29 is 4.74 Å². The fourth-order valence-corrected chi connectivity index (χ4v) is 3.44. The molecule has 0 unspecified atom stereocenters. The van der Waals surface area contributed by atoms with Crippen LogP contribution >= 0.6 is 0 Å². The van der Waals surface area contributed by atoms with Gasteiger partial charge in [-0.2, -0.15) is 0 Å². The van der Waals surface area contributed by atoms with Crippen molar-refractivity contribution in [3.05, 3.63) is 59.8 Å². The van der Waals surface area contributed by atoms with Gasteiger partial charge >= 0.3 is 0 Å². The monoisotopic (exact) mass is 393 g/mol. The molecule has 0 bridgehead atoms. The zero-order valence-electron chi connectivity index (χ0n) is 17.3. The molecule has 154 valence electrons. The molecule has 0 aliphatic carbocycles. The lowest BCUT2D eigenvalue weighted by Gasteiger charge is -2.24. The number of nitrogens with one attached hydrogen (secondary N) is 2. The zero-order valence-corrected chi connectivity index (χ0v) is 17.3. The number of hydrogen-bond acceptors (Lipinski definition) is 6. The van der Waals surface area contributed by atoms with Crippen LogP contribution < -0.4 is 21.1 Å². The van der Waals surface area contributed by atoms with Crippen LogP contribution in [0.1, 0.15) is 30.9 Å². The third-order valence-corrected chi connectivity index (χ3v) is 5.09. The standard InChI is InChI=1S/C23H31N5O/c1-17(26-14-9-18-5-3-4-6-22(18)29-2)15-21(24)19-7-8-23(27-16-19)28-20-10-12-25-13-11-20/h3-8,15-16,20,25H,9-14,24H2,1-2H3,(H,27,28). The second kappa shape index (κ2) is 10.6. The molecular formula is C23H31N5O. The molecule has 1 fully saturated rings. The number of methoxy groups -OCH3 is 1.